The molecule has 1 aromatic carbocycles. The van der Waals surface area contributed by atoms with Gasteiger partial charge in [0.2, 0.25) is 0 Å². The van der Waals surface area contributed by atoms with E-state index in [1.807, 2.05) is 59.7 Å². The van der Waals surface area contributed by atoms with Gasteiger partial charge in [0.1, 0.15) is 0 Å². The first kappa shape index (κ1) is 17.0. The maximum absolute atomic E-state index is 6.38. The van der Waals surface area contributed by atoms with Gasteiger partial charge in [0.15, 0.2) is 0 Å². The van der Waals surface area contributed by atoms with E-state index < -0.39 is 18.0 Å². The van der Waals surface area contributed by atoms with E-state index in [9.17, 15) is 0 Å². The zero-order valence-corrected chi connectivity index (χ0v) is 15.6. The maximum atomic E-state index is 6.38. The van der Waals surface area contributed by atoms with Crippen molar-refractivity contribution in [1.82, 2.24) is 0 Å². The molecular formula is C16H25BBrO3-. The fourth-order valence-corrected chi connectivity index (χ4v) is 3.09. The molecule has 0 aromatic heterocycles. The largest absolute Gasteiger partial charge is 0.539 e. The summed E-state index contributed by atoms with van der Waals surface area (Å²) in [4.78, 5) is 0. The third-order valence-electron chi connectivity index (χ3n) is 4.49. The summed E-state index contributed by atoms with van der Waals surface area (Å²) >= 11 is 3.58. The average Bonchev–Trinajstić information content (AvgIpc) is 2.47. The van der Waals surface area contributed by atoms with Gasteiger partial charge in [0, 0.05) is 21.8 Å². The topological polar surface area (TPSA) is 27.7 Å². The SMILES string of the molecule is Cc1c(Br)cccc1[B-]1(OC(C)C)OC(C)(C)C(C)(C)O1. The third kappa shape index (κ3) is 2.94. The van der Waals surface area contributed by atoms with E-state index in [4.69, 9.17) is 14.0 Å². The van der Waals surface area contributed by atoms with Crippen LogP contribution in [0.3, 0.4) is 0 Å². The van der Waals surface area contributed by atoms with Crippen molar-refractivity contribution in [1.29, 1.82) is 0 Å². The Balaban J connectivity index is 2.58. The number of halogens is 1. The molecule has 1 fully saturated rings. The van der Waals surface area contributed by atoms with Crippen LogP contribution in [0.25, 0.3) is 0 Å². The van der Waals surface area contributed by atoms with Crippen LogP contribution < -0.4 is 5.46 Å². The van der Waals surface area contributed by atoms with Gasteiger partial charge in [-0.3, -0.25) is 0 Å². The highest BCUT2D eigenvalue weighted by Gasteiger charge is 2.54. The van der Waals surface area contributed by atoms with Crippen LogP contribution in [0.1, 0.15) is 47.1 Å². The quantitative estimate of drug-likeness (QED) is 0.769. The lowest BCUT2D eigenvalue weighted by Crippen LogP contribution is -2.56. The molecule has 0 N–H and O–H groups in total. The molecule has 0 aliphatic carbocycles. The van der Waals surface area contributed by atoms with Crippen molar-refractivity contribution in [3.05, 3.63) is 28.2 Å². The predicted molar refractivity (Wildman–Crippen MR) is 90.8 cm³/mol. The van der Waals surface area contributed by atoms with Crippen molar-refractivity contribution in [3.63, 3.8) is 0 Å². The summed E-state index contributed by atoms with van der Waals surface area (Å²) in [5, 5.41) is 0. The zero-order chi connectivity index (χ0) is 16.1. The third-order valence-corrected chi connectivity index (χ3v) is 5.35. The van der Waals surface area contributed by atoms with Gasteiger partial charge < -0.3 is 14.0 Å². The van der Waals surface area contributed by atoms with Crippen LogP contribution in [-0.4, -0.2) is 24.1 Å². The monoisotopic (exact) mass is 355 g/mol. The number of rotatable bonds is 3. The van der Waals surface area contributed by atoms with Crippen LogP contribution in [0.4, 0.5) is 0 Å². The Hall–Kier alpha value is -0.355. The highest BCUT2D eigenvalue weighted by molar-refractivity contribution is 9.10. The van der Waals surface area contributed by atoms with Crippen LogP contribution in [-0.2, 0) is 14.0 Å². The van der Waals surface area contributed by atoms with Gasteiger partial charge in [-0.25, -0.2) is 0 Å². The summed E-state index contributed by atoms with van der Waals surface area (Å²) in [6.45, 7) is 12.3. The molecule has 2 rings (SSSR count). The lowest BCUT2D eigenvalue weighted by molar-refractivity contribution is 0.00578. The van der Waals surface area contributed by atoms with Gasteiger partial charge in [-0.15, -0.1) is 5.46 Å². The number of hydrogen-bond donors (Lipinski definition) is 0. The van der Waals surface area contributed by atoms with E-state index in [0.29, 0.717) is 0 Å². The van der Waals surface area contributed by atoms with Crippen molar-refractivity contribution in [2.24, 2.45) is 0 Å². The standard InChI is InChI=1S/C16H25BBrO3/c1-11(2)19-17(13-9-8-10-14(18)12(13)3)20-15(4,5)16(6,7)21-17/h8-11H,1-7H3/q-1. The first-order valence-corrected chi connectivity index (χ1v) is 8.27. The molecule has 1 aliphatic heterocycles. The Kier molecular flexibility index (Phi) is 4.35. The summed E-state index contributed by atoms with van der Waals surface area (Å²) in [5.41, 5.74) is 1.19. The molecule has 1 aromatic rings. The Morgan fingerprint density at radius 2 is 1.62 bits per heavy atom. The van der Waals surface area contributed by atoms with Crippen LogP contribution in [0.5, 0.6) is 0 Å². The van der Waals surface area contributed by atoms with E-state index in [-0.39, 0.29) is 6.10 Å². The van der Waals surface area contributed by atoms with Crippen molar-refractivity contribution in [3.8, 4) is 0 Å². The summed E-state index contributed by atoms with van der Waals surface area (Å²) in [7, 11) is 0. The molecule has 0 spiro atoms. The van der Waals surface area contributed by atoms with Crippen LogP contribution in [0.2, 0.25) is 0 Å². The van der Waals surface area contributed by atoms with E-state index in [2.05, 4.69) is 22.9 Å². The molecule has 1 saturated heterocycles. The van der Waals surface area contributed by atoms with Crippen LogP contribution in [0.15, 0.2) is 22.7 Å². The zero-order valence-electron chi connectivity index (χ0n) is 14.0. The fraction of sp³-hybridized carbons (Fsp3) is 0.625. The number of hydrogen-bond acceptors (Lipinski definition) is 3. The lowest BCUT2D eigenvalue weighted by atomic mass is 9.67. The minimum atomic E-state index is -1.97. The first-order valence-electron chi connectivity index (χ1n) is 7.48. The normalized spacial score (nSPS) is 22.7. The second-order valence-corrected chi connectivity index (χ2v) is 7.89. The molecule has 0 unspecified atom stereocenters. The fourth-order valence-electron chi connectivity index (χ4n) is 2.70. The van der Waals surface area contributed by atoms with Gasteiger partial charge >= 0.3 is 6.75 Å². The summed E-state index contributed by atoms with van der Waals surface area (Å²) in [6.07, 6.45) is 0.00748. The Labute approximate surface area is 136 Å². The van der Waals surface area contributed by atoms with Gasteiger partial charge in [-0.05, 0) is 54.5 Å². The highest BCUT2D eigenvalue weighted by atomic mass is 79.9. The van der Waals surface area contributed by atoms with Crippen molar-refractivity contribution in [2.45, 2.75) is 65.8 Å². The van der Waals surface area contributed by atoms with Crippen molar-refractivity contribution >= 4 is 28.1 Å². The second kappa shape index (κ2) is 5.37. The van der Waals surface area contributed by atoms with Gasteiger partial charge in [0.25, 0.3) is 0 Å². The summed E-state index contributed by atoms with van der Waals surface area (Å²) < 4.78 is 20.0. The van der Waals surface area contributed by atoms with E-state index in [1.165, 1.54) is 0 Å². The van der Waals surface area contributed by atoms with E-state index in [0.717, 1.165) is 15.5 Å². The summed E-state index contributed by atoms with van der Waals surface area (Å²) in [5.74, 6) is 0. The molecule has 3 nitrogen and oxygen atoms in total. The molecule has 0 bridgehead atoms. The van der Waals surface area contributed by atoms with Gasteiger partial charge in [-0.2, -0.15) is 0 Å². The Morgan fingerprint density at radius 1 is 1.10 bits per heavy atom. The molecule has 0 amide bonds. The minimum absolute atomic E-state index is 0.00748. The highest BCUT2D eigenvalue weighted by Crippen LogP contribution is 2.42. The summed E-state index contributed by atoms with van der Waals surface area (Å²) in [6, 6.07) is 6.04. The van der Waals surface area contributed by atoms with Gasteiger partial charge in [-0.1, -0.05) is 33.6 Å². The molecule has 5 heteroatoms. The average molecular weight is 356 g/mol. The number of benzene rings is 1. The van der Waals surface area contributed by atoms with Crippen LogP contribution in [0, 0.1) is 6.92 Å². The molecule has 0 saturated carbocycles. The van der Waals surface area contributed by atoms with E-state index in [1.54, 1.807) is 0 Å². The van der Waals surface area contributed by atoms with Crippen molar-refractivity contribution in [2.75, 3.05) is 0 Å². The molecular weight excluding hydrogens is 331 g/mol. The molecule has 0 atom stereocenters. The predicted octanol–water partition coefficient (Wildman–Crippen LogP) is 3.93. The molecule has 21 heavy (non-hydrogen) atoms. The lowest BCUT2D eigenvalue weighted by Gasteiger charge is -2.41. The van der Waals surface area contributed by atoms with Gasteiger partial charge in [0.05, 0.1) is 0 Å². The maximum Gasteiger partial charge on any atom is 0.410 e. The first-order chi connectivity index (χ1) is 9.51. The smallest absolute Gasteiger partial charge is 0.410 e. The molecule has 1 aliphatic rings. The second-order valence-electron chi connectivity index (χ2n) is 7.04. The Bertz CT molecular complexity index is 524. The minimum Gasteiger partial charge on any atom is -0.539 e. The van der Waals surface area contributed by atoms with Crippen molar-refractivity contribution < 1.29 is 14.0 Å². The van der Waals surface area contributed by atoms with Crippen LogP contribution >= 0.6 is 15.9 Å². The molecule has 0 radical (unpaired) electrons. The Morgan fingerprint density at radius 3 is 2.10 bits per heavy atom. The van der Waals surface area contributed by atoms with E-state index >= 15 is 0 Å². The molecule has 1 heterocycles. The molecule has 118 valence electrons.